The van der Waals surface area contributed by atoms with Crippen LogP contribution < -0.4 is 11.1 Å². The van der Waals surface area contributed by atoms with Crippen LogP contribution >= 0.6 is 12.4 Å². The molecule has 1 heterocycles. The maximum absolute atomic E-state index is 12.1. The number of hydrogen-bond donors (Lipinski definition) is 2. The van der Waals surface area contributed by atoms with E-state index in [1.165, 1.54) is 0 Å². The highest BCUT2D eigenvalue weighted by molar-refractivity contribution is 5.85. The van der Waals surface area contributed by atoms with Gasteiger partial charge in [0, 0.05) is 25.6 Å². The molecule has 0 aromatic heterocycles. The fourth-order valence-electron chi connectivity index (χ4n) is 2.21. The van der Waals surface area contributed by atoms with Gasteiger partial charge < -0.3 is 16.0 Å². The minimum Gasteiger partial charge on any atom is -0.352 e. The first-order valence-corrected chi connectivity index (χ1v) is 6.72. The van der Waals surface area contributed by atoms with E-state index >= 15 is 0 Å². The Balaban J connectivity index is 0.00000324. The molecule has 1 unspecified atom stereocenters. The summed E-state index contributed by atoms with van der Waals surface area (Å²) in [5.74, 6) is 0.0285. The average Bonchev–Trinajstić information content (AvgIpc) is 2.27. The molecule has 0 saturated carbocycles. The number of nitrogens with two attached hydrogens (primary N) is 1. The van der Waals surface area contributed by atoms with Crippen LogP contribution in [0.3, 0.4) is 0 Å². The van der Waals surface area contributed by atoms with Crippen LogP contribution in [0.5, 0.6) is 0 Å². The number of hydrogen-bond acceptors (Lipinski definition) is 3. The molecule has 0 spiro atoms. The highest BCUT2D eigenvalue weighted by Gasteiger charge is 2.31. The molecule has 6 heteroatoms. The first-order chi connectivity index (χ1) is 8.34. The molecule has 112 valence electrons. The van der Waals surface area contributed by atoms with Crippen molar-refractivity contribution >= 4 is 24.2 Å². The Kier molecular flexibility index (Phi) is 7.37. The van der Waals surface area contributed by atoms with E-state index in [2.05, 4.69) is 5.32 Å². The highest BCUT2D eigenvalue weighted by Crippen LogP contribution is 2.14. The van der Waals surface area contributed by atoms with Gasteiger partial charge >= 0.3 is 0 Å². The van der Waals surface area contributed by atoms with Crippen molar-refractivity contribution in [1.82, 2.24) is 10.2 Å². The van der Waals surface area contributed by atoms with Crippen LogP contribution in [0.2, 0.25) is 0 Å². The lowest BCUT2D eigenvalue weighted by Gasteiger charge is -2.36. The van der Waals surface area contributed by atoms with Crippen LogP contribution in [0.25, 0.3) is 0 Å². The van der Waals surface area contributed by atoms with Crippen molar-refractivity contribution in [3.05, 3.63) is 0 Å². The van der Waals surface area contributed by atoms with Crippen molar-refractivity contribution in [3.8, 4) is 0 Å². The van der Waals surface area contributed by atoms with Crippen molar-refractivity contribution in [3.63, 3.8) is 0 Å². The molecule has 1 aliphatic heterocycles. The summed E-state index contributed by atoms with van der Waals surface area (Å²) in [5.41, 5.74) is 4.99. The third-order valence-electron chi connectivity index (χ3n) is 3.10. The number of carbonyl (C=O) groups is 2. The summed E-state index contributed by atoms with van der Waals surface area (Å²) in [5, 5.41) is 2.98. The molecule has 1 saturated heterocycles. The topological polar surface area (TPSA) is 75.4 Å². The number of nitrogens with zero attached hydrogens (tertiary/aromatic N) is 1. The molecule has 0 aromatic carbocycles. The molecule has 5 nitrogen and oxygen atoms in total. The molecule has 1 aliphatic rings. The summed E-state index contributed by atoms with van der Waals surface area (Å²) >= 11 is 0. The Morgan fingerprint density at radius 2 is 2.05 bits per heavy atom. The zero-order valence-corrected chi connectivity index (χ0v) is 12.9. The van der Waals surface area contributed by atoms with E-state index in [-0.39, 0.29) is 30.3 Å². The van der Waals surface area contributed by atoms with E-state index in [0.717, 1.165) is 25.8 Å². The zero-order chi connectivity index (χ0) is 13.8. The Morgan fingerprint density at radius 3 is 2.58 bits per heavy atom. The van der Waals surface area contributed by atoms with Crippen molar-refractivity contribution in [2.24, 2.45) is 5.73 Å². The molecule has 0 bridgehead atoms. The normalized spacial score (nSPS) is 19.6. The first kappa shape index (κ1) is 18.2. The summed E-state index contributed by atoms with van der Waals surface area (Å²) < 4.78 is 0. The molecule has 0 aromatic rings. The van der Waals surface area contributed by atoms with E-state index in [0.29, 0.717) is 13.0 Å². The molecule has 0 radical (unpaired) electrons. The maximum atomic E-state index is 12.1. The van der Waals surface area contributed by atoms with Crippen LogP contribution in [0.1, 0.15) is 46.5 Å². The van der Waals surface area contributed by atoms with Crippen molar-refractivity contribution < 1.29 is 9.59 Å². The molecule has 0 aliphatic carbocycles. The average molecular weight is 292 g/mol. The summed E-state index contributed by atoms with van der Waals surface area (Å²) in [6, 6.07) is 0.0732. The molecule has 1 fully saturated rings. The lowest BCUT2D eigenvalue weighted by Crippen LogP contribution is -2.57. The van der Waals surface area contributed by atoms with Crippen molar-refractivity contribution in [2.75, 3.05) is 13.1 Å². The number of nitrogens with one attached hydrogen (secondary N) is 1. The molecular weight excluding hydrogens is 266 g/mol. The Hall–Kier alpha value is -0.810. The number of rotatable bonds is 4. The third kappa shape index (κ3) is 5.78. The van der Waals surface area contributed by atoms with Crippen molar-refractivity contribution in [2.45, 2.75) is 58.0 Å². The minimum absolute atomic E-state index is 0. The lowest BCUT2D eigenvalue weighted by atomic mass is 10.00. The Labute approximate surface area is 121 Å². The van der Waals surface area contributed by atoms with E-state index < -0.39 is 5.54 Å². The van der Waals surface area contributed by atoms with Crippen LogP contribution in [-0.2, 0) is 9.59 Å². The molecule has 3 N–H and O–H groups in total. The van der Waals surface area contributed by atoms with Gasteiger partial charge in [0.15, 0.2) is 0 Å². The summed E-state index contributed by atoms with van der Waals surface area (Å²) in [6.07, 6.45) is 3.24. The quantitative estimate of drug-likeness (QED) is 0.813. The van der Waals surface area contributed by atoms with Crippen molar-refractivity contribution in [1.29, 1.82) is 0 Å². The fourth-order valence-corrected chi connectivity index (χ4v) is 2.21. The number of piperidine rings is 1. The second-order valence-electron chi connectivity index (χ2n) is 5.63. The second kappa shape index (κ2) is 7.70. The molecular formula is C13H26ClN3O2. The van der Waals surface area contributed by atoms with Gasteiger partial charge in [0.1, 0.15) is 0 Å². The molecule has 1 rings (SSSR count). The number of amides is 2. The van der Waals surface area contributed by atoms with Crippen LogP contribution in [0.15, 0.2) is 0 Å². The summed E-state index contributed by atoms with van der Waals surface area (Å²) in [4.78, 5) is 25.4. The molecule has 2 amide bonds. The third-order valence-corrected chi connectivity index (χ3v) is 3.10. The second-order valence-corrected chi connectivity index (χ2v) is 5.63. The van der Waals surface area contributed by atoms with Gasteiger partial charge in [-0.25, -0.2) is 0 Å². The van der Waals surface area contributed by atoms with E-state index in [4.69, 9.17) is 5.73 Å². The van der Waals surface area contributed by atoms with Gasteiger partial charge in [-0.2, -0.15) is 0 Å². The number of halogens is 1. The standard InChI is InChI=1S/C13H25N3O2.ClH/c1-4-6-11(17)15-10-7-5-8-16(9-10)12(18)13(2,3)14;/h10H,4-9,14H2,1-3H3,(H,15,17);1H. The van der Waals surface area contributed by atoms with Gasteiger partial charge in [-0.3, -0.25) is 9.59 Å². The van der Waals surface area contributed by atoms with Gasteiger partial charge in [-0.05, 0) is 33.1 Å². The highest BCUT2D eigenvalue weighted by atomic mass is 35.5. The van der Waals surface area contributed by atoms with Gasteiger partial charge in [-0.1, -0.05) is 6.92 Å². The predicted molar refractivity (Wildman–Crippen MR) is 78.2 cm³/mol. The first-order valence-electron chi connectivity index (χ1n) is 6.72. The van der Waals surface area contributed by atoms with Gasteiger partial charge in [0.05, 0.1) is 5.54 Å². The number of carbonyl (C=O) groups excluding carboxylic acids is 2. The minimum atomic E-state index is -0.838. The van der Waals surface area contributed by atoms with E-state index in [9.17, 15) is 9.59 Å². The smallest absolute Gasteiger partial charge is 0.242 e. The van der Waals surface area contributed by atoms with Crippen LogP contribution in [0.4, 0.5) is 0 Å². The zero-order valence-electron chi connectivity index (χ0n) is 12.1. The molecule has 1 atom stereocenters. The maximum Gasteiger partial charge on any atom is 0.242 e. The Morgan fingerprint density at radius 1 is 1.42 bits per heavy atom. The van der Waals surface area contributed by atoms with Gasteiger partial charge in [-0.15, -0.1) is 12.4 Å². The lowest BCUT2D eigenvalue weighted by molar-refractivity contribution is -0.137. The largest absolute Gasteiger partial charge is 0.352 e. The summed E-state index contributed by atoms with van der Waals surface area (Å²) in [6.45, 7) is 6.73. The molecule has 19 heavy (non-hydrogen) atoms. The SMILES string of the molecule is CCCC(=O)NC1CCCN(C(=O)C(C)(C)N)C1.Cl. The predicted octanol–water partition coefficient (Wildman–Crippen LogP) is 1.05. The van der Waals surface area contributed by atoms with Gasteiger partial charge in [0.2, 0.25) is 11.8 Å². The Bertz CT molecular complexity index is 316. The van der Waals surface area contributed by atoms with E-state index in [1.54, 1.807) is 18.7 Å². The summed E-state index contributed by atoms with van der Waals surface area (Å²) in [7, 11) is 0. The monoisotopic (exact) mass is 291 g/mol. The number of likely N-dealkylation sites (tertiary alicyclic amines) is 1. The van der Waals surface area contributed by atoms with E-state index in [1.807, 2.05) is 6.92 Å². The van der Waals surface area contributed by atoms with Crippen LogP contribution in [-0.4, -0.2) is 41.4 Å². The van der Waals surface area contributed by atoms with Crippen LogP contribution in [0, 0.1) is 0 Å². The van der Waals surface area contributed by atoms with Gasteiger partial charge in [0.25, 0.3) is 0 Å². The fraction of sp³-hybridized carbons (Fsp3) is 0.846.